The molecular formula is C21H25F3N4O2. The molecule has 4 rings (SSSR count). The number of nitrogens with zero attached hydrogens (tertiary/aromatic N) is 3. The molecule has 0 unspecified atom stereocenters. The minimum atomic E-state index is -4.47. The molecule has 1 aromatic heterocycles. The summed E-state index contributed by atoms with van der Waals surface area (Å²) in [6.45, 7) is 0.446. The van der Waals surface area contributed by atoms with Crippen LogP contribution in [-0.2, 0) is 17.5 Å². The van der Waals surface area contributed by atoms with Crippen LogP contribution >= 0.6 is 0 Å². The van der Waals surface area contributed by atoms with E-state index in [1.807, 2.05) is 0 Å². The first-order valence-corrected chi connectivity index (χ1v) is 10.5. The highest BCUT2D eigenvalue weighted by Gasteiger charge is 2.33. The number of nitrogens with one attached hydrogen (secondary N) is 1. The Bertz CT molecular complexity index is 969. The fourth-order valence-corrected chi connectivity index (χ4v) is 4.05. The van der Waals surface area contributed by atoms with Crippen molar-refractivity contribution in [2.45, 2.75) is 63.7 Å². The van der Waals surface area contributed by atoms with Gasteiger partial charge in [-0.2, -0.15) is 13.2 Å². The van der Waals surface area contributed by atoms with E-state index in [9.17, 15) is 22.8 Å². The first kappa shape index (κ1) is 20.7. The third kappa shape index (κ3) is 4.44. The van der Waals surface area contributed by atoms with E-state index in [4.69, 9.17) is 0 Å². The Morgan fingerprint density at radius 3 is 2.53 bits per heavy atom. The van der Waals surface area contributed by atoms with Crippen molar-refractivity contribution in [2.75, 3.05) is 6.54 Å². The molecule has 2 fully saturated rings. The summed E-state index contributed by atoms with van der Waals surface area (Å²) >= 11 is 0. The van der Waals surface area contributed by atoms with Crippen LogP contribution in [0.2, 0.25) is 0 Å². The highest BCUT2D eigenvalue weighted by atomic mass is 19.4. The summed E-state index contributed by atoms with van der Waals surface area (Å²) in [5.74, 6) is 0.273. The van der Waals surface area contributed by atoms with Crippen molar-refractivity contribution in [1.82, 2.24) is 19.7 Å². The summed E-state index contributed by atoms with van der Waals surface area (Å²) in [5, 5.41) is 7.20. The van der Waals surface area contributed by atoms with Gasteiger partial charge in [-0.25, -0.2) is 9.48 Å². The number of carbonyl (C=O) groups is 1. The van der Waals surface area contributed by atoms with Crippen LogP contribution < -0.4 is 11.0 Å². The van der Waals surface area contributed by atoms with E-state index in [1.165, 1.54) is 21.4 Å². The predicted octanol–water partition coefficient (Wildman–Crippen LogP) is 3.76. The lowest BCUT2D eigenvalue weighted by Gasteiger charge is -2.20. The Morgan fingerprint density at radius 2 is 1.87 bits per heavy atom. The largest absolute Gasteiger partial charge is 0.416 e. The summed E-state index contributed by atoms with van der Waals surface area (Å²) in [6.07, 6.45) is 2.20. The Hall–Kier alpha value is -2.58. The number of amides is 1. The van der Waals surface area contributed by atoms with Crippen LogP contribution in [0, 0.1) is 5.92 Å². The highest BCUT2D eigenvalue weighted by Crippen LogP contribution is 2.37. The van der Waals surface area contributed by atoms with Gasteiger partial charge in [-0.15, -0.1) is 5.10 Å². The van der Waals surface area contributed by atoms with Gasteiger partial charge < -0.3 is 5.32 Å². The molecule has 0 atom stereocenters. The minimum absolute atomic E-state index is 0.00229. The lowest BCUT2D eigenvalue weighted by atomic mass is 9.89. The number of halogens is 3. The van der Waals surface area contributed by atoms with Crippen molar-refractivity contribution in [3.05, 3.63) is 40.3 Å². The van der Waals surface area contributed by atoms with E-state index in [-0.39, 0.29) is 48.0 Å². The van der Waals surface area contributed by atoms with Gasteiger partial charge >= 0.3 is 11.9 Å². The standard InChI is InChI=1S/C21H25F3N4O2/c22-21(23,24)16-8-4-7-15(13-16)18-26-27(20(30)28(18)17-9-10-17)12-11-25-19(29)14-5-2-1-3-6-14/h4,7-8,13-14,17H,1-3,5-6,9-12H2,(H,25,29). The van der Waals surface area contributed by atoms with Crippen LogP contribution in [0.3, 0.4) is 0 Å². The van der Waals surface area contributed by atoms with Gasteiger partial charge in [0.15, 0.2) is 5.82 Å². The van der Waals surface area contributed by atoms with Gasteiger partial charge in [-0.1, -0.05) is 31.4 Å². The Kier molecular flexibility index (Phi) is 5.71. The third-order valence-electron chi connectivity index (χ3n) is 5.83. The fourth-order valence-electron chi connectivity index (χ4n) is 4.05. The van der Waals surface area contributed by atoms with Crippen LogP contribution in [0.25, 0.3) is 11.4 Å². The van der Waals surface area contributed by atoms with E-state index >= 15 is 0 Å². The van der Waals surface area contributed by atoms with Gasteiger partial charge in [0.1, 0.15) is 0 Å². The molecule has 1 aromatic carbocycles. The van der Waals surface area contributed by atoms with E-state index in [0.29, 0.717) is 0 Å². The third-order valence-corrected chi connectivity index (χ3v) is 5.83. The zero-order chi connectivity index (χ0) is 21.3. The van der Waals surface area contributed by atoms with Crippen molar-refractivity contribution >= 4 is 5.91 Å². The molecule has 2 aliphatic rings. The maximum Gasteiger partial charge on any atom is 0.416 e. The molecule has 1 heterocycles. The van der Waals surface area contributed by atoms with Crippen LogP contribution in [0.5, 0.6) is 0 Å². The summed E-state index contributed by atoms with van der Waals surface area (Å²) in [7, 11) is 0. The molecule has 0 spiro atoms. The molecule has 2 aliphatic carbocycles. The summed E-state index contributed by atoms with van der Waals surface area (Å²) in [4.78, 5) is 25.1. The average Bonchev–Trinajstić information content (AvgIpc) is 3.52. The molecule has 0 saturated heterocycles. The molecule has 2 aromatic rings. The summed E-state index contributed by atoms with van der Waals surface area (Å²) < 4.78 is 42.0. The SMILES string of the molecule is O=C(NCCn1nc(-c2cccc(C(F)(F)F)c2)n(C2CC2)c1=O)C1CCCCC1. The molecule has 6 nitrogen and oxygen atoms in total. The molecule has 2 saturated carbocycles. The van der Waals surface area contributed by atoms with Crippen molar-refractivity contribution in [2.24, 2.45) is 5.92 Å². The van der Waals surface area contributed by atoms with Gasteiger partial charge in [0.2, 0.25) is 5.91 Å². The zero-order valence-corrected chi connectivity index (χ0v) is 16.6. The number of benzene rings is 1. The van der Waals surface area contributed by atoms with Gasteiger partial charge in [-0.05, 0) is 37.8 Å². The second-order valence-electron chi connectivity index (χ2n) is 8.14. The number of aromatic nitrogens is 3. The molecule has 9 heteroatoms. The predicted molar refractivity (Wildman–Crippen MR) is 105 cm³/mol. The number of carbonyl (C=O) groups excluding carboxylic acids is 1. The van der Waals surface area contributed by atoms with Crippen LogP contribution in [0.15, 0.2) is 29.1 Å². The maximum atomic E-state index is 13.1. The van der Waals surface area contributed by atoms with Gasteiger partial charge in [0, 0.05) is 24.1 Å². The smallest absolute Gasteiger partial charge is 0.354 e. The second-order valence-corrected chi connectivity index (χ2v) is 8.14. The monoisotopic (exact) mass is 422 g/mol. The highest BCUT2D eigenvalue weighted by molar-refractivity contribution is 5.78. The number of alkyl halides is 3. The Labute approximate surface area is 172 Å². The second kappa shape index (κ2) is 8.28. The molecule has 162 valence electrons. The van der Waals surface area contributed by atoms with E-state index in [0.717, 1.165) is 57.1 Å². The van der Waals surface area contributed by atoms with E-state index in [1.54, 1.807) is 0 Å². The van der Waals surface area contributed by atoms with Gasteiger partial charge in [0.25, 0.3) is 0 Å². The number of hydrogen-bond donors (Lipinski definition) is 1. The summed E-state index contributed by atoms with van der Waals surface area (Å²) in [6, 6.07) is 4.85. The average molecular weight is 422 g/mol. The minimum Gasteiger partial charge on any atom is -0.354 e. The van der Waals surface area contributed by atoms with E-state index in [2.05, 4.69) is 10.4 Å². The van der Waals surface area contributed by atoms with Gasteiger partial charge in [0.05, 0.1) is 12.1 Å². The van der Waals surface area contributed by atoms with Crippen LogP contribution in [-0.4, -0.2) is 26.8 Å². The molecule has 1 amide bonds. The van der Waals surface area contributed by atoms with Crippen LogP contribution in [0.1, 0.15) is 56.6 Å². The maximum absolute atomic E-state index is 13.1. The van der Waals surface area contributed by atoms with Crippen molar-refractivity contribution in [3.63, 3.8) is 0 Å². The van der Waals surface area contributed by atoms with Crippen molar-refractivity contribution in [3.8, 4) is 11.4 Å². The lowest BCUT2D eigenvalue weighted by molar-refractivity contribution is -0.137. The lowest BCUT2D eigenvalue weighted by Crippen LogP contribution is -2.36. The number of hydrogen-bond acceptors (Lipinski definition) is 3. The first-order chi connectivity index (χ1) is 14.3. The molecular weight excluding hydrogens is 397 g/mol. The zero-order valence-electron chi connectivity index (χ0n) is 16.6. The van der Waals surface area contributed by atoms with Gasteiger partial charge in [-0.3, -0.25) is 9.36 Å². The van der Waals surface area contributed by atoms with Crippen molar-refractivity contribution < 1.29 is 18.0 Å². The quantitative estimate of drug-likeness (QED) is 0.771. The summed E-state index contributed by atoms with van der Waals surface area (Å²) in [5.41, 5.74) is -0.861. The molecule has 0 bridgehead atoms. The molecule has 0 aliphatic heterocycles. The molecule has 0 radical (unpaired) electrons. The Morgan fingerprint density at radius 1 is 1.13 bits per heavy atom. The Balaban J connectivity index is 1.52. The number of rotatable bonds is 6. The molecule has 1 N–H and O–H groups in total. The first-order valence-electron chi connectivity index (χ1n) is 10.5. The normalized spacial score (nSPS) is 17.8. The van der Waals surface area contributed by atoms with E-state index < -0.39 is 11.7 Å². The fraction of sp³-hybridized carbons (Fsp3) is 0.571. The molecule has 30 heavy (non-hydrogen) atoms. The topological polar surface area (TPSA) is 68.9 Å². The van der Waals surface area contributed by atoms with Crippen molar-refractivity contribution in [1.29, 1.82) is 0 Å². The van der Waals surface area contributed by atoms with Crippen LogP contribution in [0.4, 0.5) is 13.2 Å².